The summed E-state index contributed by atoms with van der Waals surface area (Å²) in [6.07, 6.45) is 4.06. The second-order valence-corrected chi connectivity index (χ2v) is 6.09. The van der Waals surface area contributed by atoms with Crippen molar-refractivity contribution in [3.05, 3.63) is 0 Å². The van der Waals surface area contributed by atoms with Crippen LogP contribution in [0.1, 0.15) is 53.4 Å². The van der Waals surface area contributed by atoms with Crippen molar-refractivity contribution in [3.63, 3.8) is 0 Å². The van der Waals surface area contributed by atoms with Gasteiger partial charge in [0.25, 0.3) is 0 Å². The van der Waals surface area contributed by atoms with Crippen LogP contribution in [0.3, 0.4) is 0 Å². The molecule has 1 aliphatic carbocycles. The second-order valence-electron chi connectivity index (χ2n) is 6.09. The van der Waals surface area contributed by atoms with Crippen molar-refractivity contribution < 1.29 is 9.53 Å². The molecule has 1 aliphatic rings. The summed E-state index contributed by atoms with van der Waals surface area (Å²) in [6, 6.07) is 0.0284. The first-order valence-corrected chi connectivity index (χ1v) is 6.51. The second kappa shape index (κ2) is 5.83. The Hall–Kier alpha value is -0.610. The molecule has 1 fully saturated rings. The summed E-state index contributed by atoms with van der Waals surface area (Å²) in [4.78, 5) is 11.4. The minimum atomic E-state index is -0.513. The van der Waals surface area contributed by atoms with E-state index in [0.717, 1.165) is 25.7 Å². The first-order chi connectivity index (χ1) is 7.78. The maximum Gasteiger partial charge on any atom is 0.322 e. The van der Waals surface area contributed by atoms with Gasteiger partial charge < -0.3 is 15.8 Å². The van der Waals surface area contributed by atoms with Crippen LogP contribution < -0.4 is 11.1 Å². The van der Waals surface area contributed by atoms with Crippen LogP contribution in [0.5, 0.6) is 0 Å². The molecule has 4 nitrogen and oxygen atoms in total. The molecular formula is C13H26N2O2. The van der Waals surface area contributed by atoms with E-state index in [9.17, 15) is 4.79 Å². The number of hydrogen-bond acceptors (Lipinski definition) is 4. The van der Waals surface area contributed by atoms with Gasteiger partial charge in [0.15, 0.2) is 0 Å². The topological polar surface area (TPSA) is 64.4 Å². The van der Waals surface area contributed by atoms with Gasteiger partial charge in [-0.1, -0.05) is 0 Å². The van der Waals surface area contributed by atoms with Crippen LogP contribution in [0.2, 0.25) is 0 Å². The Morgan fingerprint density at radius 3 is 2.24 bits per heavy atom. The standard InChI is InChI=1S/C13H26N2O2/c1-9(14)12(16)17-11-7-5-10(6-8-11)15-13(2,3)4/h9-11,15H,5-8,14H2,1-4H3/t9-,10-,11-/m1/s1. The zero-order valence-electron chi connectivity index (χ0n) is 11.5. The maximum atomic E-state index is 11.4. The van der Waals surface area contributed by atoms with Gasteiger partial charge in [-0.05, 0) is 53.4 Å². The first-order valence-electron chi connectivity index (χ1n) is 6.51. The van der Waals surface area contributed by atoms with Crippen LogP contribution in [-0.2, 0) is 9.53 Å². The first kappa shape index (κ1) is 14.5. The lowest BCUT2D eigenvalue weighted by Crippen LogP contribution is -2.46. The summed E-state index contributed by atoms with van der Waals surface area (Å²) < 4.78 is 5.34. The van der Waals surface area contributed by atoms with Gasteiger partial charge in [0.2, 0.25) is 0 Å². The molecule has 3 N–H and O–H groups in total. The highest BCUT2D eigenvalue weighted by molar-refractivity contribution is 5.75. The van der Waals surface area contributed by atoms with Crippen LogP contribution in [0.15, 0.2) is 0 Å². The average molecular weight is 242 g/mol. The fraction of sp³-hybridized carbons (Fsp3) is 0.923. The molecule has 100 valence electrons. The quantitative estimate of drug-likeness (QED) is 0.737. The molecule has 4 heteroatoms. The molecule has 0 heterocycles. The van der Waals surface area contributed by atoms with Crippen molar-refractivity contribution in [2.24, 2.45) is 5.73 Å². The van der Waals surface area contributed by atoms with Crippen molar-refractivity contribution in [1.82, 2.24) is 5.32 Å². The van der Waals surface area contributed by atoms with Gasteiger partial charge in [-0.25, -0.2) is 0 Å². The van der Waals surface area contributed by atoms with Gasteiger partial charge in [0.1, 0.15) is 12.1 Å². The lowest BCUT2D eigenvalue weighted by molar-refractivity contribution is -0.151. The number of nitrogens with two attached hydrogens (primary N) is 1. The molecule has 0 aromatic rings. The molecule has 0 aromatic heterocycles. The molecule has 1 saturated carbocycles. The smallest absolute Gasteiger partial charge is 0.322 e. The third-order valence-corrected chi connectivity index (χ3v) is 2.97. The molecule has 0 bridgehead atoms. The van der Waals surface area contributed by atoms with E-state index in [1.54, 1.807) is 6.92 Å². The van der Waals surface area contributed by atoms with Gasteiger partial charge >= 0.3 is 5.97 Å². The Labute approximate surface area is 104 Å². The van der Waals surface area contributed by atoms with Gasteiger partial charge in [-0.2, -0.15) is 0 Å². The Morgan fingerprint density at radius 1 is 1.29 bits per heavy atom. The number of carbonyl (C=O) groups excluding carboxylic acids is 1. The zero-order valence-corrected chi connectivity index (χ0v) is 11.5. The summed E-state index contributed by atoms with van der Waals surface area (Å²) in [7, 11) is 0. The molecule has 0 amide bonds. The molecule has 0 radical (unpaired) electrons. The SMILES string of the molecule is C[C@@H](N)C(=O)O[C@H]1CC[C@H](NC(C)(C)C)CC1. The van der Waals surface area contributed by atoms with E-state index in [2.05, 4.69) is 26.1 Å². The third kappa shape index (κ3) is 5.50. The normalized spacial score (nSPS) is 27.6. The Balaban J connectivity index is 2.29. The van der Waals surface area contributed by atoms with Crippen LogP contribution >= 0.6 is 0 Å². The molecule has 1 rings (SSSR count). The number of esters is 1. The largest absolute Gasteiger partial charge is 0.461 e. The van der Waals surface area contributed by atoms with Crippen molar-refractivity contribution in [3.8, 4) is 0 Å². The minimum absolute atomic E-state index is 0.0616. The number of nitrogens with one attached hydrogen (secondary N) is 1. The van der Waals surface area contributed by atoms with Crippen LogP contribution in [0, 0.1) is 0 Å². The van der Waals surface area contributed by atoms with E-state index >= 15 is 0 Å². The Morgan fingerprint density at radius 2 is 1.82 bits per heavy atom. The zero-order chi connectivity index (χ0) is 13.1. The van der Waals surface area contributed by atoms with Gasteiger partial charge in [0, 0.05) is 11.6 Å². The lowest BCUT2D eigenvalue weighted by Gasteiger charge is -2.34. The van der Waals surface area contributed by atoms with Crippen molar-refractivity contribution in [1.29, 1.82) is 0 Å². The van der Waals surface area contributed by atoms with Gasteiger partial charge in [0.05, 0.1) is 0 Å². The number of ether oxygens (including phenoxy) is 1. The summed E-state index contributed by atoms with van der Waals surface area (Å²) in [5.74, 6) is -0.280. The fourth-order valence-electron chi connectivity index (χ4n) is 2.21. The molecule has 0 unspecified atom stereocenters. The minimum Gasteiger partial charge on any atom is -0.461 e. The third-order valence-electron chi connectivity index (χ3n) is 2.97. The van der Waals surface area contributed by atoms with E-state index in [-0.39, 0.29) is 17.6 Å². The molecule has 1 atom stereocenters. The predicted molar refractivity (Wildman–Crippen MR) is 68.7 cm³/mol. The highest BCUT2D eigenvalue weighted by Crippen LogP contribution is 2.23. The summed E-state index contributed by atoms with van der Waals surface area (Å²) in [5, 5.41) is 3.59. The summed E-state index contributed by atoms with van der Waals surface area (Å²) in [5.41, 5.74) is 5.63. The number of carbonyl (C=O) groups is 1. The summed E-state index contributed by atoms with van der Waals surface area (Å²) >= 11 is 0. The monoisotopic (exact) mass is 242 g/mol. The van der Waals surface area contributed by atoms with E-state index in [1.807, 2.05) is 0 Å². The van der Waals surface area contributed by atoms with Crippen molar-refractivity contribution in [2.75, 3.05) is 0 Å². The van der Waals surface area contributed by atoms with E-state index in [4.69, 9.17) is 10.5 Å². The molecule has 0 aliphatic heterocycles. The summed E-state index contributed by atoms with van der Waals surface area (Å²) in [6.45, 7) is 8.19. The number of hydrogen-bond donors (Lipinski definition) is 2. The van der Waals surface area contributed by atoms with Crippen LogP contribution in [-0.4, -0.2) is 29.7 Å². The Bertz CT molecular complexity index is 251. The van der Waals surface area contributed by atoms with Crippen LogP contribution in [0.4, 0.5) is 0 Å². The number of rotatable bonds is 3. The highest BCUT2D eigenvalue weighted by atomic mass is 16.5. The van der Waals surface area contributed by atoms with E-state index < -0.39 is 6.04 Å². The lowest BCUT2D eigenvalue weighted by atomic mass is 9.91. The fourth-order valence-corrected chi connectivity index (χ4v) is 2.21. The van der Waals surface area contributed by atoms with Gasteiger partial charge in [-0.15, -0.1) is 0 Å². The molecule has 0 aromatic carbocycles. The predicted octanol–water partition coefficient (Wildman–Crippen LogP) is 1.58. The average Bonchev–Trinajstić information content (AvgIpc) is 2.18. The van der Waals surface area contributed by atoms with E-state index in [0.29, 0.717) is 6.04 Å². The molecule has 0 saturated heterocycles. The molecule has 0 spiro atoms. The molecular weight excluding hydrogens is 216 g/mol. The van der Waals surface area contributed by atoms with Crippen molar-refractivity contribution >= 4 is 5.97 Å². The highest BCUT2D eigenvalue weighted by Gasteiger charge is 2.26. The van der Waals surface area contributed by atoms with Crippen molar-refractivity contribution in [2.45, 2.75) is 77.1 Å². The maximum absolute atomic E-state index is 11.4. The van der Waals surface area contributed by atoms with Gasteiger partial charge in [-0.3, -0.25) is 4.79 Å². The van der Waals surface area contributed by atoms with E-state index in [1.165, 1.54) is 0 Å². The Kier molecular flexibility index (Phi) is 4.95. The van der Waals surface area contributed by atoms with Crippen LogP contribution in [0.25, 0.3) is 0 Å². The molecule has 17 heavy (non-hydrogen) atoms.